The Labute approximate surface area is 162 Å². The number of piperidine rings is 1. The summed E-state index contributed by atoms with van der Waals surface area (Å²) in [6.45, 7) is 7.12. The summed E-state index contributed by atoms with van der Waals surface area (Å²) in [6, 6.07) is 10.3. The first-order chi connectivity index (χ1) is 12.9. The van der Waals surface area contributed by atoms with Crippen LogP contribution in [0.2, 0.25) is 0 Å². The number of hydrogen-bond acceptors (Lipinski definition) is 4. The fourth-order valence-electron chi connectivity index (χ4n) is 3.93. The van der Waals surface area contributed by atoms with Gasteiger partial charge in [-0.2, -0.15) is 0 Å². The van der Waals surface area contributed by atoms with Crippen molar-refractivity contribution in [1.82, 2.24) is 9.88 Å². The summed E-state index contributed by atoms with van der Waals surface area (Å²) >= 11 is 0. The van der Waals surface area contributed by atoms with Gasteiger partial charge in [-0.1, -0.05) is 13.3 Å². The van der Waals surface area contributed by atoms with Crippen molar-refractivity contribution in [2.24, 2.45) is 0 Å². The molecule has 1 aliphatic rings. The van der Waals surface area contributed by atoms with Crippen molar-refractivity contribution >= 4 is 9.84 Å². The summed E-state index contributed by atoms with van der Waals surface area (Å²) in [5.41, 5.74) is 2.79. The lowest BCUT2D eigenvalue weighted by Gasteiger charge is -2.38. The van der Waals surface area contributed by atoms with Crippen LogP contribution in [0.5, 0.6) is 5.75 Å². The van der Waals surface area contributed by atoms with Gasteiger partial charge in [0.2, 0.25) is 0 Å². The van der Waals surface area contributed by atoms with Gasteiger partial charge in [0.25, 0.3) is 0 Å². The fourth-order valence-corrected chi connectivity index (χ4v) is 4.84. The Hall–Kier alpha value is -1.79. The number of likely N-dealkylation sites (tertiary alicyclic amines) is 1. The van der Waals surface area contributed by atoms with Gasteiger partial charge in [0, 0.05) is 35.6 Å². The topological polar surface area (TPSA) is 62.4 Å². The second-order valence-corrected chi connectivity index (χ2v) is 9.74. The number of nitrogens with zero attached hydrogens (tertiary/aromatic N) is 1. The molecule has 2 heterocycles. The van der Waals surface area contributed by atoms with Crippen LogP contribution < -0.4 is 4.74 Å². The van der Waals surface area contributed by atoms with Crippen LogP contribution in [0.3, 0.4) is 0 Å². The van der Waals surface area contributed by atoms with Crippen LogP contribution in [-0.4, -0.2) is 43.2 Å². The van der Waals surface area contributed by atoms with Crippen molar-refractivity contribution in [1.29, 1.82) is 0 Å². The van der Waals surface area contributed by atoms with Crippen LogP contribution >= 0.6 is 0 Å². The van der Waals surface area contributed by atoms with Crippen molar-refractivity contribution in [3.8, 4) is 17.0 Å². The normalized spacial score (nSPS) is 21.3. The molecule has 1 N–H and O–H groups in total. The van der Waals surface area contributed by atoms with Crippen molar-refractivity contribution in [3.63, 3.8) is 0 Å². The highest BCUT2D eigenvalue weighted by Gasteiger charge is 2.25. The second kappa shape index (κ2) is 8.07. The first-order valence-corrected chi connectivity index (χ1v) is 11.4. The maximum Gasteiger partial charge on any atom is 0.178 e. The monoisotopic (exact) mass is 390 g/mol. The summed E-state index contributed by atoms with van der Waals surface area (Å²) in [5.74, 6) is 0.748. The molecule has 1 aromatic heterocycles. The predicted molar refractivity (Wildman–Crippen MR) is 109 cm³/mol. The molecule has 3 rings (SSSR count). The van der Waals surface area contributed by atoms with E-state index in [4.69, 9.17) is 4.74 Å². The van der Waals surface area contributed by atoms with Crippen LogP contribution in [-0.2, 0) is 16.4 Å². The first-order valence-electron chi connectivity index (χ1n) is 9.70. The molecule has 27 heavy (non-hydrogen) atoms. The van der Waals surface area contributed by atoms with Crippen LogP contribution in [0, 0.1) is 0 Å². The van der Waals surface area contributed by atoms with E-state index in [0.29, 0.717) is 22.7 Å². The Morgan fingerprint density at radius 3 is 2.48 bits per heavy atom. The number of aromatic nitrogens is 1. The van der Waals surface area contributed by atoms with E-state index in [0.717, 1.165) is 23.5 Å². The third-order valence-corrected chi connectivity index (χ3v) is 7.41. The van der Waals surface area contributed by atoms with E-state index >= 15 is 0 Å². The van der Waals surface area contributed by atoms with E-state index in [-0.39, 0.29) is 5.75 Å². The number of benzene rings is 1. The van der Waals surface area contributed by atoms with Crippen LogP contribution in [0.1, 0.15) is 45.7 Å². The molecule has 0 spiro atoms. The minimum absolute atomic E-state index is 0.0828. The number of H-pyrrole nitrogens is 1. The predicted octanol–water partition coefficient (Wildman–Crippen LogP) is 4.25. The summed E-state index contributed by atoms with van der Waals surface area (Å²) in [6.07, 6.45) is 3.77. The number of nitrogens with one attached hydrogen (secondary N) is 1. The SMILES string of the molecule is CCS(=O)(=O)c1ccc(OC)c(-c2ccc(CN3[C@H](C)CCC[C@@H]3C)[nH]2)c1. The molecular formula is C21H30N2O3S. The molecule has 1 aromatic carbocycles. The van der Waals surface area contributed by atoms with Gasteiger partial charge in [-0.3, -0.25) is 4.90 Å². The zero-order valence-electron chi connectivity index (χ0n) is 16.7. The third kappa shape index (κ3) is 4.22. The Kier molecular flexibility index (Phi) is 5.96. The summed E-state index contributed by atoms with van der Waals surface area (Å²) in [4.78, 5) is 6.34. The van der Waals surface area contributed by atoms with Crippen LogP contribution in [0.25, 0.3) is 11.3 Å². The maximum atomic E-state index is 12.3. The van der Waals surface area contributed by atoms with Gasteiger partial charge in [-0.25, -0.2) is 8.42 Å². The minimum atomic E-state index is -3.26. The molecular weight excluding hydrogens is 360 g/mol. The van der Waals surface area contributed by atoms with Gasteiger partial charge < -0.3 is 9.72 Å². The number of aromatic amines is 1. The molecule has 148 valence electrons. The average Bonchev–Trinajstić information content (AvgIpc) is 3.13. The lowest BCUT2D eigenvalue weighted by atomic mass is 9.97. The lowest BCUT2D eigenvalue weighted by Crippen LogP contribution is -2.43. The van der Waals surface area contributed by atoms with Gasteiger partial charge in [-0.05, 0) is 57.0 Å². The highest BCUT2D eigenvalue weighted by molar-refractivity contribution is 7.91. The highest BCUT2D eigenvalue weighted by atomic mass is 32.2. The van der Waals surface area contributed by atoms with E-state index in [1.807, 2.05) is 6.07 Å². The quantitative estimate of drug-likeness (QED) is 0.801. The largest absolute Gasteiger partial charge is 0.496 e. The molecule has 0 amide bonds. The minimum Gasteiger partial charge on any atom is -0.496 e. The Morgan fingerprint density at radius 1 is 1.15 bits per heavy atom. The average molecular weight is 391 g/mol. The molecule has 0 radical (unpaired) electrons. The molecule has 1 saturated heterocycles. The Bertz CT molecular complexity index is 879. The zero-order valence-corrected chi connectivity index (χ0v) is 17.5. The van der Waals surface area contributed by atoms with Crippen molar-refractivity contribution in [3.05, 3.63) is 36.0 Å². The first kappa shape index (κ1) is 20.0. The van der Waals surface area contributed by atoms with E-state index < -0.39 is 9.84 Å². The molecule has 2 atom stereocenters. The third-order valence-electron chi connectivity index (χ3n) is 5.68. The summed E-state index contributed by atoms with van der Waals surface area (Å²) in [7, 11) is -1.66. The standard InChI is InChI=1S/C21H30N2O3S/c1-5-27(24,25)18-10-12-21(26-4)19(13-18)20-11-9-17(22-20)14-23-15(2)7-6-8-16(23)3/h9-13,15-16,22H,5-8,14H2,1-4H3/t15-,16+. The summed E-state index contributed by atoms with van der Waals surface area (Å²) < 4.78 is 30.0. The van der Waals surface area contributed by atoms with Gasteiger partial charge in [-0.15, -0.1) is 0 Å². The van der Waals surface area contributed by atoms with E-state index in [1.54, 1.807) is 32.2 Å². The fraction of sp³-hybridized carbons (Fsp3) is 0.524. The molecule has 5 nitrogen and oxygen atoms in total. The lowest BCUT2D eigenvalue weighted by molar-refractivity contribution is 0.0940. The van der Waals surface area contributed by atoms with Crippen LogP contribution in [0.15, 0.2) is 35.2 Å². The zero-order chi connectivity index (χ0) is 19.6. The number of sulfone groups is 1. The molecule has 0 saturated carbocycles. The van der Waals surface area contributed by atoms with Crippen molar-refractivity contribution < 1.29 is 13.2 Å². The second-order valence-electron chi connectivity index (χ2n) is 7.46. The van der Waals surface area contributed by atoms with E-state index in [9.17, 15) is 8.42 Å². The van der Waals surface area contributed by atoms with Gasteiger partial charge in [0.15, 0.2) is 9.84 Å². The number of methoxy groups -OCH3 is 1. The Morgan fingerprint density at radius 2 is 1.85 bits per heavy atom. The van der Waals surface area contributed by atoms with Gasteiger partial charge >= 0.3 is 0 Å². The number of hydrogen-bond donors (Lipinski definition) is 1. The Balaban J connectivity index is 1.90. The molecule has 2 aromatic rings. The molecule has 0 bridgehead atoms. The number of rotatable bonds is 6. The molecule has 0 aliphatic carbocycles. The summed E-state index contributed by atoms with van der Waals surface area (Å²) in [5, 5.41) is 0. The highest BCUT2D eigenvalue weighted by Crippen LogP contribution is 2.33. The molecule has 1 aliphatic heterocycles. The smallest absolute Gasteiger partial charge is 0.178 e. The van der Waals surface area contributed by atoms with Gasteiger partial charge in [0.1, 0.15) is 5.75 Å². The van der Waals surface area contributed by atoms with Crippen molar-refractivity contribution in [2.45, 2.75) is 63.6 Å². The van der Waals surface area contributed by atoms with Crippen LogP contribution in [0.4, 0.5) is 0 Å². The maximum absolute atomic E-state index is 12.3. The van der Waals surface area contributed by atoms with E-state index in [2.05, 4.69) is 29.8 Å². The molecule has 6 heteroatoms. The van der Waals surface area contributed by atoms with Crippen molar-refractivity contribution in [2.75, 3.05) is 12.9 Å². The van der Waals surface area contributed by atoms with E-state index in [1.165, 1.54) is 19.3 Å². The number of ether oxygens (including phenoxy) is 1. The molecule has 1 fully saturated rings. The van der Waals surface area contributed by atoms with Gasteiger partial charge in [0.05, 0.1) is 17.8 Å². The molecule has 0 unspecified atom stereocenters.